The second kappa shape index (κ2) is 55.0. The van der Waals surface area contributed by atoms with Gasteiger partial charge >= 0.3 is 5.97 Å². The third kappa shape index (κ3) is 49.5. The largest absolute Gasteiger partial charge is 0.462 e. The van der Waals surface area contributed by atoms with E-state index in [0.29, 0.717) is 19.3 Å². The zero-order valence-electron chi connectivity index (χ0n) is 44.7. The van der Waals surface area contributed by atoms with E-state index in [-0.39, 0.29) is 24.9 Å². The average molecular weight is 949 g/mol. The van der Waals surface area contributed by atoms with Gasteiger partial charge in [-0.3, -0.25) is 9.59 Å². The van der Waals surface area contributed by atoms with E-state index in [1.807, 2.05) is 36.5 Å². The molecule has 0 aliphatic heterocycles. The van der Waals surface area contributed by atoms with E-state index in [0.717, 1.165) is 77.0 Å². The van der Waals surface area contributed by atoms with Crippen LogP contribution in [0, 0.1) is 0 Å². The number of ether oxygens (including phenoxy) is 1. The molecule has 0 aromatic heterocycles. The normalized spacial score (nSPS) is 13.8. The van der Waals surface area contributed by atoms with Gasteiger partial charge < -0.3 is 20.3 Å². The molecular weight excluding hydrogens is 839 g/mol. The van der Waals surface area contributed by atoms with Crippen molar-refractivity contribution in [2.45, 2.75) is 289 Å². The Morgan fingerprint density at radius 2 is 0.838 bits per heavy atom. The first-order valence-corrected chi connectivity index (χ1v) is 28.9. The summed E-state index contributed by atoms with van der Waals surface area (Å²) in [6.07, 6.45) is 72.1. The molecular formula is C62H109NO5. The smallest absolute Gasteiger partial charge is 0.306 e. The number of unbranched alkanes of at least 4 members (excludes halogenated alkanes) is 29. The molecule has 0 radical (unpaired) electrons. The number of carbonyl (C=O) groups is 2. The summed E-state index contributed by atoms with van der Waals surface area (Å²) < 4.78 is 5.94. The van der Waals surface area contributed by atoms with Gasteiger partial charge in [-0.2, -0.15) is 0 Å². The lowest BCUT2D eigenvalue weighted by Gasteiger charge is -2.24. The van der Waals surface area contributed by atoms with Gasteiger partial charge in [0.1, 0.15) is 6.10 Å². The molecule has 6 nitrogen and oxygen atoms in total. The van der Waals surface area contributed by atoms with Crippen LogP contribution in [0.2, 0.25) is 0 Å². The van der Waals surface area contributed by atoms with Gasteiger partial charge in [-0.15, -0.1) is 0 Å². The molecule has 0 aliphatic carbocycles. The standard InChI is InChI=1S/C62H109NO5/c1-4-7-10-13-16-19-22-25-28-30-31-32-34-37-40-43-46-49-52-55-62(67)68-58(53-50-47-44-41-38-35-33-29-26-23-20-17-14-11-8-5-2)56-61(66)63-59(57-64)60(65)54-51-48-45-42-39-36-27-24-21-18-15-12-9-6-3/h11,14,16-17,19-20,23,25-26,28-29,33,35,38,58-60,64-65H,4-10,12-13,15,18,21-22,24,27,30-32,34,36-37,39-57H2,1-3H3,(H,63,66)/b14-11+,19-16-,20-17+,26-23+,28-25-,33-29+,38-35+. The second-order valence-electron chi connectivity index (χ2n) is 19.5. The highest BCUT2D eigenvalue weighted by molar-refractivity contribution is 5.77. The quantitative estimate of drug-likeness (QED) is 0.0244. The van der Waals surface area contributed by atoms with Gasteiger partial charge in [0.05, 0.1) is 25.2 Å². The number of carbonyl (C=O) groups excluding carboxylic acids is 2. The van der Waals surface area contributed by atoms with Crippen molar-refractivity contribution < 1.29 is 24.5 Å². The number of esters is 1. The van der Waals surface area contributed by atoms with Crippen LogP contribution in [0.3, 0.4) is 0 Å². The summed E-state index contributed by atoms with van der Waals surface area (Å²) in [5.41, 5.74) is 0. The monoisotopic (exact) mass is 948 g/mol. The fourth-order valence-corrected chi connectivity index (χ4v) is 8.43. The number of nitrogens with one attached hydrogen (secondary N) is 1. The molecule has 0 heterocycles. The fourth-order valence-electron chi connectivity index (χ4n) is 8.43. The first kappa shape index (κ1) is 65.0. The zero-order valence-corrected chi connectivity index (χ0v) is 44.7. The van der Waals surface area contributed by atoms with Crippen molar-refractivity contribution in [2.24, 2.45) is 0 Å². The molecule has 6 heteroatoms. The maximum Gasteiger partial charge on any atom is 0.306 e. The Morgan fingerprint density at radius 3 is 1.35 bits per heavy atom. The highest BCUT2D eigenvalue weighted by Crippen LogP contribution is 2.18. The summed E-state index contributed by atoms with van der Waals surface area (Å²) in [4.78, 5) is 26.3. The van der Waals surface area contributed by atoms with Crippen LogP contribution in [0.5, 0.6) is 0 Å². The molecule has 0 spiro atoms. The predicted molar refractivity (Wildman–Crippen MR) is 296 cm³/mol. The molecule has 0 saturated heterocycles. The molecule has 0 bridgehead atoms. The molecule has 392 valence electrons. The number of hydrogen-bond donors (Lipinski definition) is 3. The van der Waals surface area contributed by atoms with Gasteiger partial charge in [0.15, 0.2) is 0 Å². The molecule has 0 fully saturated rings. The highest BCUT2D eigenvalue weighted by atomic mass is 16.5. The molecule has 3 N–H and O–H groups in total. The van der Waals surface area contributed by atoms with Crippen LogP contribution < -0.4 is 5.32 Å². The third-order valence-corrected chi connectivity index (χ3v) is 12.8. The molecule has 0 saturated carbocycles. The summed E-state index contributed by atoms with van der Waals surface area (Å²) in [6.45, 7) is 6.37. The van der Waals surface area contributed by atoms with E-state index in [1.54, 1.807) is 0 Å². The van der Waals surface area contributed by atoms with E-state index < -0.39 is 18.2 Å². The minimum atomic E-state index is -0.805. The number of hydrogen-bond acceptors (Lipinski definition) is 5. The van der Waals surface area contributed by atoms with Crippen LogP contribution >= 0.6 is 0 Å². The Morgan fingerprint density at radius 1 is 0.441 bits per heavy atom. The molecule has 3 unspecified atom stereocenters. The van der Waals surface area contributed by atoms with E-state index in [2.05, 4.69) is 74.7 Å². The van der Waals surface area contributed by atoms with Gasteiger partial charge in [-0.05, 0) is 77.0 Å². The lowest BCUT2D eigenvalue weighted by atomic mass is 10.0. The van der Waals surface area contributed by atoms with Crippen molar-refractivity contribution in [2.75, 3.05) is 6.61 Å². The molecule has 0 aliphatic rings. The van der Waals surface area contributed by atoms with Crippen molar-refractivity contribution in [3.63, 3.8) is 0 Å². The first-order valence-electron chi connectivity index (χ1n) is 28.9. The lowest BCUT2D eigenvalue weighted by Crippen LogP contribution is -2.46. The number of aliphatic hydroxyl groups excluding tert-OH is 2. The molecule has 0 aromatic carbocycles. The van der Waals surface area contributed by atoms with E-state index in [4.69, 9.17) is 4.74 Å². The Labute approximate surface area is 421 Å². The Bertz CT molecular complexity index is 1290. The molecule has 68 heavy (non-hydrogen) atoms. The zero-order chi connectivity index (χ0) is 49.5. The van der Waals surface area contributed by atoms with Crippen molar-refractivity contribution in [3.8, 4) is 0 Å². The minimum absolute atomic E-state index is 0.0447. The van der Waals surface area contributed by atoms with Crippen molar-refractivity contribution in [1.29, 1.82) is 0 Å². The van der Waals surface area contributed by atoms with Gasteiger partial charge in [0.25, 0.3) is 0 Å². The van der Waals surface area contributed by atoms with Crippen LogP contribution in [-0.4, -0.2) is 46.9 Å². The number of allylic oxidation sites excluding steroid dienone is 14. The maximum absolute atomic E-state index is 13.3. The Hall–Kier alpha value is -2.96. The average Bonchev–Trinajstić information content (AvgIpc) is 3.33. The fraction of sp³-hybridized carbons (Fsp3) is 0.742. The topological polar surface area (TPSA) is 95.9 Å². The second-order valence-corrected chi connectivity index (χ2v) is 19.5. The first-order chi connectivity index (χ1) is 33.5. The minimum Gasteiger partial charge on any atom is -0.462 e. The number of amides is 1. The lowest BCUT2D eigenvalue weighted by molar-refractivity contribution is -0.151. The summed E-state index contributed by atoms with van der Waals surface area (Å²) in [5, 5.41) is 23.9. The van der Waals surface area contributed by atoms with Crippen molar-refractivity contribution >= 4 is 11.9 Å². The van der Waals surface area contributed by atoms with E-state index >= 15 is 0 Å². The van der Waals surface area contributed by atoms with Crippen LogP contribution in [0.4, 0.5) is 0 Å². The van der Waals surface area contributed by atoms with Crippen LogP contribution in [0.25, 0.3) is 0 Å². The maximum atomic E-state index is 13.3. The van der Waals surface area contributed by atoms with Crippen LogP contribution in [0.1, 0.15) is 271 Å². The van der Waals surface area contributed by atoms with Crippen LogP contribution in [-0.2, 0) is 14.3 Å². The van der Waals surface area contributed by atoms with E-state index in [1.165, 1.54) is 148 Å². The summed E-state index contributed by atoms with van der Waals surface area (Å²) in [5.74, 6) is -0.518. The van der Waals surface area contributed by atoms with Crippen LogP contribution in [0.15, 0.2) is 85.1 Å². The van der Waals surface area contributed by atoms with Gasteiger partial charge in [-0.25, -0.2) is 0 Å². The predicted octanol–water partition coefficient (Wildman–Crippen LogP) is 17.9. The summed E-state index contributed by atoms with van der Waals surface area (Å²) in [6, 6.07) is -0.721. The number of rotatable bonds is 51. The molecule has 1 amide bonds. The van der Waals surface area contributed by atoms with Gasteiger partial charge in [0, 0.05) is 6.42 Å². The summed E-state index contributed by atoms with van der Waals surface area (Å²) >= 11 is 0. The molecule has 3 atom stereocenters. The van der Waals surface area contributed by atoms with Gasteiger partial charge in [0.2, 0.25) is 5.91 Å². The number of aliphatic hydroxyl groups is 2. The van der Waals surface area contributed by atoms with Gasteiger partial charge in [-0.1, -0.05) is 266 Å². The van der Waals surface area contributed by atoms with Crippen molar-refractivity contribution in [1.82, 2.24) is 5.32 Å². The SMILES string of the molecule is CCC/C=C/C=C/C=C/C=C/C=C/CCCCCC(CC(=O)NC(CO)C(O)CCCCCCCCCCCCCCCC)OC(=O)CCCCCCCCCCC/C=C\C/C=C\CCCCC. The third-order valence-electron chi connectivity index (χ3n) is 12.8. The molecule has 0 rings (SSSR count). The van der Waals surface area contributed by atoms with E-state index in [9.17, 15) is 19.8 Å². The highest BCUT2D eigenvalue weighted by Gasteiger charge is 2.24. The summed E-state index contributed by atoms with van der Waals surface area (Å²) in [7, 11) is 0. The molecule has 0 aromatic rings. The Kier molecular flexibility index (Phi) is 52.6. The van der Waals surface area contributed by atoms with Crippen molar-refractivity contribution in [3.05, 3.63) is 85.1 Å². The Balaban J connectivity index is 4.64.